The first kappa shape index (κ1) is 15.2. The molecule has 0 aliphatic carbocycles. The Hall–Kier alpha value is -3.22. The highest BCUT2D eigenvalue weighted by atomic mass is 16.6. The van der Waals surface area contributed by atoms with Crippen LogP contribution >= 0.6 is 0 Å². The highest BCUT2D eigenvalue weighted by Crippen LogP contribution is 2.19. The van der Waals surface area contributed by atoms with Crippen molar-refractivity contribution in [3.8, 4) is 0 Å². The molecule has 7 nitrogen and oxygen atoms in total. The number of nitro benzene ring substituents is 1. The Labute approximate surface area is 125 Å². The topological polar surface area (TPSA) is 112 Å². The van der Waals surface area contributed by atoms with Crippen molar-refractivity contribution in [1.29, 1.82) is 0 Å². The summed E-state index contributed by atoms with van der Waals surface area (Å²) in [5, 5.41) is 24.1. The van der Waals surface area contributed by atoms with E-state index in [1.54, 1.807) is 6.92 Å². The maximum atomic E-state index is 12.1. The molecule has 0 fully saturated rings. The second-order valence-electron chi connectivity index (χ2n) is 4.58. The number of carbonyl (C=O) groups is 2. The highest BCUT2D eigenvalue weighted by molar-refractivity contribution is 6.05. The van der Waals surface area contributed by atoms with Gasteiger partial charge in [-0.15, -0.1) is 0 Å². The number of amides is 1. The first-order valence-electron chi connectivity index (χ1n) is 6.26. The van der Waals surface area contributed by atoms with Crippen molar-refractivity contribution in [1.82, 2.24) is 0 Å². The Bertz CT molecular complexity index is 770. The fourth-order valence-electron chi connectivity index (χ4n) is 1.84. The number of carboxylic acid groups (broad SMARTS) is 1. The number of anilines is 1. The Morgan fingerprint density at radius 3 is 2.45 bits per heavy atom. The molecule has 7 heteroatoms. The van der Waals surface area contributed by atoms with Gasteiger partial charge in [-0.3, -0.25) is 14.9 Å². The number of hydrogen-bond donors (Lipinski definition) is 1. The van der Waals surface area contributed by atoms with Gasteiger partial charge in [0.2, 0.25) is 0 Å². The number of non-ortho nitro benzene ring substituents is 1. The van der Waals surface area contributed by atoms with Crippen molar-refractivity contribution in [2.75, 3.05) is 5.32 Å². The number of rotatable bonds is 4. The second kappa shape index (κ2) is 6.04. The van der Waals surface area contributed by atoms with E-state index >= 15 is 0 Å². The van der Waals surface area contributed by atoms with E-state index in [2.05, 4.69) is 5.32 Å². The summed E-state index contributed by atoms with van der Waals surface area (Å²) in [6.07, 6.45) is 0. The van der Waals surface area contributed by atoms with Crippen LogP contribution in [0, 0.1) is 17.0 Å². The number of benzene rings is 2. The predicted molar refractivity (Wildman–Crippen MR) is 76.6 cm³/mol. The highest BCUT2D eigenvalue weighted by Gasteiger charge is 2.12. The summed E-state index contributed by atoms with van der Waals surface area (Å²) < 4.78 is 0. The van der Waals surface area contributed by atoms with Crippen LogP contribution in [0.4, 0.5) is 11.4 Å². The third-order valence-electron chi connectivity index (χ3n) is 3.04. The average molecular weight is 299 g/mol. The molecule has 112 valence electrons. The van der Waals surface area contributed by atoms with Gasteiger partial charge in [0.05, 0.1) is 10.9 Å². The largest absolute Gasteiger partial charge is 0.545 e. The quantitative estimate of drug-likeness (QED) is 0.679. The van der Waals surface area contributed by atoms with E-state index in [4.69, 9.17) is 0 Å². The van der Waals surface area contributed by atoms with Gasteiger partial charge in [-0.1, -0.05) is 18.2 Å². The Kier molecular flexibility index (Phi) is 4.17. The minimum Gasteiger partial charge on any atom is -0.545 e. The van der Waals surface area contributed by atoms with Gasteiger partial charge in [-0.25, -0.2) is 0 Å². The molecule has 2 aromatic carbocycles. The first-order chi connectivity index (χ1) is 10.4. The lowest BCUT2D eigenvalue weighted by Gasteiger charge is -2.11. The Morgan fingerprint density at radius 1 is 1.09 bits per heavy atom. The van der Waals surface area contributed by atoms with Crippen LogP contribution < -0.4 is 10.4 Å². The fourth-order valence-corrected chi connectivity index (χ4v) is 1.84. The molecule has 1 N–H and O–H groups in total. The molecule has 2 aromatic rings. The summed E-state index contributed by atoms with van der Waals surface area (Å²) in [5.74, 6) is -1.92. The third-order valence-corrected chi connectivity index (χ3v) is 3.04. The minimum atomic E-state index is -1.36. The number of aryl methyl sites for hydroxylation is 1. The fraction of sp³-hybridized carbons (Fsp3) is 0.0667. The molecule has 0 aromatic heterocycles. The van der Waals surface area contributed by atoms with Crippen molar-refractivity contribution < 1.29 is 19.6 Å². The molecule has 0 spiro atoms. The van der Waals surface area contributed by atoms with Crippen LogP contribution in [0.15, 0.2) is 42.5 Å². The molecule has 0 atom stereocenters. The van der Waals surface area contributed by atoms with Crippen LogP contribution in [0.25, 0.3) is 0 Å². The van der Waals surface area contributed by atoms with Crippen LogP contribution in [-0.4, -0.2) is 16.8 Å². The van der Waals surface area contributed by atoms with E-state index < -0.39 is 16.8 Å². The number of nitrogens with one attached hydrogen (secondary N) is 1. The van der Waals surface area contributed by atoms with Gasteiger partial charge < -0.3 is 15.2 Å². The van der Waals surface area contributed by atoms with E-state index in [1.807, 2.05) is 0 Å². The van der Waals surface area contributed by atoms with Crippen LogP contribution in [0.1, 0.15) is 26.3 Å². The zero-order valence-electron chi connectivity index (χ0n) is 11.5. The van der Waals surface area contributed by atoms with Crippen LogP contribution in [0.3, 0.4) is 0 Å². The molecular weight excluding hydrogens is 288 g/mol. The Morgan fingerprint density at radius 2 is 1.82 bits per heavy atom. The molecule has 1 amide bonds. The standard InChI is InChI=1S/C15H12N2O5/c1-9-5-6-11(15(19)20)8-13(9)16-14(18)10-3-2-4-12(7-10)17(21)22/h2-8H,1H3,(H,16,18)(H,19,20)/p-1. The number of aromatic carboxylic acids is 1. The number of carbonyl (C=O) groups excluding carboxylic acids is 2. The number of carboxylic acids is 1. The average Bonchev–Trinajstić information content (AvgIpc) is 2.49. The monoisotopic (exact) mass is 299 g/mol. The number of nitro groups is 1. The van der Waals surface area contributed by atoms with Crippen LogP contribution in [-0.2, 0) is 0 Å². The van der Waals surface area contributed by atoms with Crippen molar-refractivity contribution in [3.05, 3.63) is 69.3 Å². The van der Waals surface area contributed by atoms with Crippen molar-refractivity contribution >= 4 is 23.3 Å². The molecule has 22 heavy (non-hydrogen) atoms. The summed E-state index contributed by atoms with van der Waals surface area (Å²) in [6, 6.07) is 9.44. The van der Waals surface area contributed by atoms with Gasteiger partial charge in [-0.2, -0.15) is 0 Å². The smallest absolute Gasteiger partial charge is 0.270 e. The van der Waals surface area contributed by atoms with Gasteiger partial charge in [0.25, 0.3) is 11.6 Å². The first-order valence-corrected chi connectivity index (χ1v) is 6.26. The summed E-state index contributed by atoms with van der Waals surface area (Å²) in [4.78, 5) is 33.1. The molecule has 0 aliphatic rings. The van der Waals surface area contributed by atoms with Crippen LogP contribution in [0.5, 0.6) is 0 Å². The lowest BCUT2D eigenvalue weighted by Crippen LogP contribution is -2.22. The predicted octanol–water partition coefficient (Wildman–Crippen LogP) is 1.52. The molecular formula is C15H11N2O5-. The van der Waals surface area contributed by atoms with Gasteiger partial charge in [-0.05, 0) is 30.2 Å². The second-order valence-corrected chi connectivity index (χ2v) is 4.58. The molecule has 0 saturated heterocycles. The molecule has 0 unspecified atom stereocenters. The van der Waals surface area contributed by atoms with Crippen molar-refractivity contribution in [2.24, 2.45) is 0 Å². The number of hydrogen-bond acceptors (Lipinski definition) is 5. The molecule has 0 aliphatic heterocycles. The summed E-state index contributed by atoms with van der Waals surface area (Å²) >= 11 is 0. The van der Waals surface area contributed by atoms with E-state index in [1.165, 1.54) is 36.4 Å². The molecule has 0 bridgehead atoms. The van der Waals surface area contributed by atoms with Gasteiger partial charge in [0.15, 0.2) is 0 Å². The molecule has 0 heterocycles. The maximum absolute atomic E-state index is 12.1. The normalized spacial score (nSPS) is 10.0. The molecule has 0 saturated carbocycles. The zero-order valence-corrected chi connectivity index (χ0v) is 11.5. The van der Waals surface area contributed by atoms with Gasteiger partial charge in [0, 0.05) is 23.4 Å². The summed E-state index contributed by atoms with van der Waals surface area (Å²) in [7, 11) is 0. The van der Waals surface area contributed by atoms with E-state index in [-0.39, 0.29) is 16.8 Å². The maximum Gasteiger partial charge on any atom is 0.270 e. The lowest BCUT2D eigenvalue weighted by molar-refractivity contribution is -0.384. The summed E-state index contributed by atoms with van der Waals surface area (Å²) in [6.45, 7) is 1.70. The van der Waals surface area contributed by atoms with E-state index in [0.717, 1.165) is 6.07 Å². The van der Waals surface area contributed by atoms with Crippen LogP contribution in [0.2, 0.25) is 0 Å². The lowest BCUT2D eigenvalue weighted by atomic mass is 10.1. The van der Waals surface area contributed by atoms with E-state index in [0.29, 0.717) is 11.3 Å². The number of nitrogens with zero attached hydrogens (tertiary/aromatic N) is 1. The third kappa shape index (κ3) is 3.26. The van der Waals surface area contributed by atoms with Crippen molar-refractivity contribution in [2.45, 2.75) is 6.92 Å². The minimum absolute atomic E-state index is 0.0695. The summed E-state index contributed by atoms with van der Waals surface area (Å²) in [5.41, 5.74) is 0.794. The van der Waals surface area contributed by atoms with E-state index in [9.17, 15) is 24.8 Å². The molecule has 2 rings (SSSR count). The Balaban J connectivity index is 2.29. The zero-order chi connectivity index (χ0) is 16.3. The van der Waals surface area contributed by atoms with Gasteiger partial charge in [0.1, 0.15) is 0 Å². The van der Waals surface area contributed by atoms with Crippen molar-refractivity contribution in [3.63, 3.8) is 0 Å². The molecule has 0 radical (unpaired) electrons. The van der Waals surface area contributed by atoms with Gasteiger partial charge >= 0.3 is 0 Å². The SMILES string of the molecule is Cc1ccc(C(=O)[O-])cc1NC(=O)c1cccc([N+](=O)[O-])c1.